The Morgan fingerprint density at radius 1 is 1.03 bits per heavy atom. The zero-order valence-electron chi connectivity index (χ0n) is 20.2. The number of nitrogens with one attached hydrogen (secondary N) is 1. The topological polar surface area (TPSA) is 110 Å². The first-order valence-corrected chi connectivity index (χ1v) is 12.2. The summed E-state index contributed by atoms with van der Waals surface area (Å²) in [5.41, 5.74) is 5.95. The summed E-state index contributed by atoms with van der Waals surface area (Å²) in [4.78, 5) is 38.8. The highest BCUT2D eigenvalue weighted by molar-refractivity contribution is 6.33. The van der Waals surface area contributed by atoms with Crippen LogP contribution < -0.4 is 11.1 Å². The first-order valence-electron chi connectivity index (χ1n) is 11.8. The molecule has 0 spiro atoms. The van der Waals surface area contributed by atoms with Crippen molar-refractivity contribution in [2.75, 3.05) is 11.9 Å². The van der Waals surface area contributed by atoms with Gasteiger partial charge in [-0.25, -0.2) is 13.2 Å². The molecule has 12 heteroatoms. The molecule has 3 aromatic carbocycles. The van der Waals surface area contributed by atoms with E-state index in [0.29, 0.717) is 16.5 Å². The van der Waals surface area contributed by atoms with Crippen LogP contribution in [-0.2, 0) is 16.1 Å². The molecule has 2 heterocycles. The van der Waals surface area contributed by atoms with Crippen LogP contribution in [0.3, 0.4) is 0 Å². The molecular formula is C27H21ClF3N5O3. The maximum Gasteiger partial charge on any atom is 0.269 e. The summed E-state index contributed by atoms with van der Waals surface area (Å²) in [6.45, 7) is -1.53. The predicted octanol–water partition coefficient (Wildman–Crippen LogP) is 4.47. The maximum absolute atomic E-state index is 15.3. The minimum Gasteiger partial charge on any atom is -0.364 e. The van der Waals surface area contributed by atoms with Crippen molar-refractivity contribution in [2.45, 2.75) is 24.9 Å². The fourth-order valence-corrected chi connectivity index (χ4v) is 4.93. The van der Waals surface area contributed by atoms with Crippen LogP contribution >= 0.6 is 11.6 Å². The molecule has 8 nitrogen and oxygen atoms in total. The second kappa shape index (κ2) is 10.1. The lowest BCUT2D eigenvalue weighted by Crippen LogP contribution is -2.44. The minimum absolute atomic E-state index is 0.0756. The zero-order valence-corrected chi connectivity index (χ0v) is 21.0. The van der Waals surface area contributed by atoms with E-state index in [1.165, 1.54) is 22.9 Å². The van der Waals surface area contributed by atoms with E-state index in [1.807, 2.05) is 0 Å². The third-order valence-corrected chi connectivity index (χ3v) is 6.82. The number of amides is 3. The lowest BCUT2D eigenvalue weighted by molar-refractivity contribution is -0.137. The van der Waals surface area contributed by atoms with E-state index in [4.69, 9.17) is 17.3 Å². The van der Waals surface area contributed by atoms with Crippen LogP contribution in [0.4, 0.5) is 18.9 Å². The van der Waals surface area contributed by atoms with Crippen LogP contribution in [-0.4, -0.2) is 50.9 Å². The Morgan fingerprint density at radius 2 is 1.72 bits per heavy atom. The van der Waals surface area contributed by atoms with Gasteiger partial charge in [0, 0.05) is 28.0 Å². The molecule has 0 saturated carbocycles. The van der Waals surface area contributed by atoms with Crippen LogP contribution in [0, 0.1) is 5.82 Å². The van der Waals surface area contributed by atoms with Crippen molar-refractivity contribution in [3.63, 3.8) is 0 Å². The van der Waals surface area contributed by atoms with Gasteiger partial charge in [0.1, 0.15) is 12.6 Å². The molecule has 1 atom stereocenters. The molecule has 1 aliphatic rings. The number of aromatic nitrogens is 2. The van der Waals surface area contributed by atoms with Gasteiger partial charge in [-0.1, -0.05) is 60.1 Å². The van der Waals surface area contributed by atoms with Crippen molar-refractivity contribution in [3.8, 4) is 11.1 Å². The normalized spacial score (nSPS) is 16.4. The van der Waals surface area contributed by atoms with Gasteiger partial charge in [-0.05, 0) is 18.2 Å². The number of likely N-dealkylation sites (tertiary alicyclic amines) is 1. The molecule has 0 aliphatic carbocycles. The number of hydrogen-bond donors (Lipinski definition) is 2. The number of halogens is 4. The van der Waals surface area contributed by atoms with Crippen LogP contribution in [0.5, 0.6) is 0 Å². The molecule has 0 radical (unpaired) electrons. The third-order valence-electron chi connectivity index (χ3n) is 6.49. The Labute approximate surface area is 225 Å². The van der Waals surface area contributed by atoms with Gasteiger partial charge in [0.2, 0.25) is 11.8 Å². The number of carbonyl (C=O) groups is 3. The van der Waals surface area contributed by atoms with Crippen molar-refractivity contribution < 1.29 is 27.6 Å². The smallest absolute Gasteiger partial charge is 0.269 e. The fraction of sp³-hybridized carbons (Fsp3) is 0.185. The first-order chi connectivity index (χ1) is 18.6. The summed E-state index contributed by atoms with van der Waals surface area (Å²) in [6.07, 6.45) is -0.942. The van der Waals surface area contributed by atoms with Crippen molar-refractivity contribution in [1.29, 1.82) is 0 Å². The summed E-state index contributed by atoms with van der Waals surface area (Å²) >= 11 is 6.19. The molecule has 39 heavy (non-hydrogen) atoms. The molecule has 1 aliphatic heterocycles. The standard InChI is InChI=1S/C27H21ClF3N5O3/c28-18-9-3-1-6-15(18)16-8-5-10-19(23(16)29)33-26(39)21-12-27(30,31)14-35(21)22(37)13-36-20-11-4-2-7-17(20)24(34-36)25(32)38/h1-11,21H,12-14H2,(H2,32,38)(H,33,39)/t21-/m0/s1. The summed E-state index contributed by atoms with van der Waals surface area (Å²) in [5, 5.41) is 7.11. The van der Waals surface area contributed by atoms with Gasteiger partial charge in [-0.2, -0.15) is 5.10 Å². The highest BCUT2D eigenvalue weighted by Crippen LogP contribution is 2.35. The summed E-state index contributed by atoms with van der Waals surface area (Å²) in [5.74, 6) is -6.77. The van der Waals surface area contributed by atoms with Crippen LogP contribution in [0.2, 0.25) is 5.02 Å². The van der Waals surface area contributed by atoms with E-state index in [9.17, 15) is 23.2 Å². The Kier molecular flexibility index (Phi) is 6.77. The van der Waals surface area contributed by atoms with Crippen molar-refractivity contribution >= 4 is 45.9 Å². The van der Waals surface area contributed by atoms with E-state index in [2.05, 4.69) is 10.4 Å². The van der Waals surface area contributed by atoms with E-state index in [0.717, 1.165) is 4.90 Å². The zero-order chi connectivity index (χ0) is 27.9. The molecule has 3 N–H and O–H groups in total. The predicted molar refractivity (Wildman–Crippen MR) is 139 cm³/mol. The second-order valence-corrected chi connectivity index (χ2v) is 9.53. The van der Waals surface area contributed by atoms with Gasteiger partial charge in [0.15, 0.2) is 11.5 Å². The van der Waals surface area contributed by atoms with E-state index < -0.39 is 55.0 Å². The van der Waals surface area contributed by atoms with Crippen LogP contribution in [0.1, 0.15) is 16.9 Å². The van der Waals surface area contributed by atoms with Gasteiger partial charge in [0.25, 0.3) is 11.8 Å². The first kappa shape index (κ1) is 26.2. The van der Waals surface area contributed by atoms with E-state index in [1.54, 1.807) is 48.5 Å². The second-order valence-electron chi connectivity index (χ2n) is 9.12. The molecule has 1 fully saturated rings. The van der Waals surface area contributed by atoms with Gasteiger partial charge in [0.05, 0.1) is 17.7 Å². The molecule has 1 aromatic heterocycles. The summed E-state index contributed by atoms with van der Waals surface area (Å²) in [6, 6.07) is 15.7. The van der Waals surface area contributed by atoms with Crippen LogP contribution in [0.25, 0.3) is 22.0 Å². The monoisotopic (exact) mass is 555 g/mol. The number of alkyl halides is 2. The van der Waals surface area contributed by atoms with Crippen molar-refractivity contribution in [1.82, 2.24) is 14.7 Å². The Balaban J connectivity index is 1.40. The van der Waals surface area contributed by atoms with Gasteiger partial charge in [-0.15, -0.1) is 0 Å². The van der Waals surface area contributed by atoms with Crippen LogP contribution in [0.15, 0.2) is 66.7 Å². The van der Waals surface area contributed by atoms with Gasteiger partial charge >= 0.3 is 0 Å². The third kappa shape index (κ3) is 5.05. The Morgan fingerprint density at radius 3 is 2.46 bits per heavy atom. The molecule has 3 amide bonds. The van der Waals surface area contributed by atoms with Crippen molar-refractivity contribution in [3.05, 3.63) is 83.3 Å². The number of primary amides is 1. The number of anilines is 1. The lowest BCUT2D eigenvalue weighted by Gasteiger charge is -2.23. The average Bonchev–Trinajstić information content (AvgIpc) is 3.43. The largest absolute Gasteiger partial charge is 0.364 e. The number of carbonyl (C=O) groups excluding carboxylic acids is 3. The highest BCUT2D eigenvalue weighted by atomic mass is 35.5. The number of nitrogens with zero attached hydrogens (tertiary/aromatic N) is 3. The van der Waals surface area contributed by atoms with Gasteiger partial charge < -0.3 is 16.0 Å². The molecule has 4 aromatic rings. The number of para-hydroxylation sites is 1. The number of rotatable bonds is 6. The fourth-order valence-electron chi connectivity index (χ4n) is 4.69. The Hall–Kier alpha value is -4.38. The minimum atomic E-state index is -3.35. The number of nitrogens with two attached hydrogens (primary N) is 1. The molecule has 0 bridgehead atoms. The summed E-state index contributed by atoms with van der Waals surface area (Å²) in [7, 11) is 0. The Bertz CT molecular complexity index is 1620. The summed E-state index contributed by atoms with van der Waals surface area (Å²) < 4.78 is 45.5. The van der Waals surface area contributed by atoms with Crippen molar-refractivity contribution in [2.24, 2.45) is 5.73 Å². The molecule has 0 unspecified atom stereocenters. The molecule has 5 rings (SSSR count). The quantitative estimate of drug-likeness (QED) is 0.366. The number of benzene rings is 3. The van der Waals surface area contributed by atoms with E-state index >= 15 is 4.39 Å². The number of fused-ring (bicyclic) bond motifs is 1. The maximum atomic E-state index is 15.3. The highest BCUT2D eigenvalue weighted by Gasteiger charge is 2.50. The number of hydrogen-bond acceptors (Lipinski definition) is 4. The SMILES string of the molecule is NC(=O)c1nn(CC(=O)N2CC(F)(F)C[C@H]2C(=O)Nc2cccc(-c3ccccc3Cl)c2F)c2ccccc12. The molecule has 1 saturated heterocycles. The lowest BCUT2D eigenvalue weighted by atomic mass is 10.0. The van der Waals surface area contributed by atoms with E-state index in [-0.39, 0.29) is 22.0 Å². The average molecular weight is 556 g/mol. The molecule has 200 valence electrons. The van der Waals surface area contributed by atoms with Gasteiger partial charge in [-0.3, -0.25) is 19.1 Å². The molecular weight excluding hydrogens is 535 g/mol.